The second-order valence-corrected chi connectivity index (χ2v) is 10.6. The molecule has 13 nitrogen and oxygen atoms in total. The number of benzene rings is 4. The largest absolute Gasteiger partial charge is 0.482 e. The fraction of sp³-hybridized carbons (Fsp3) is 0.194. The normalized spacial score (nSPS) is 10.3. The van der Waals surface area contributed by atoms with Gasteiger partial charge in [0, 0.05) is 31.2 Å². The monoisotopic (exact) mass is 667 g/mol. The van der Waals surface area contributed by atoms with E-state index in [1.54, 1.807) is 99.0 Å². The summed E-state index contributed by atoms with van der Waals surface area (Å²) in [4.78, 5) is 68.7. The maximum atomic E-state index is 13.7. The summed E-state index contributed by atoms with van der Waals surface area (Å²) < 4.78 is 10.4. The molecule has 0 heterocycles. The van der Waals surface area contributed by atoms with Crippen LogP contribution >= 0.6 is 0 Å². The average Bonchev–Trinajstić information content (AvgIpc) is 3.12. The number of aliphatic hydroxyl groups excluding tert-OH is 1. The number of hydrogen-bond donors (Lipinski definition) is 3. The van der Waals surface area contributed by atoms with E-state index in [-0.39, 0.29) is 30.4 Å². The van der Waals surface area contributed by atoms with Crippen molar-refractivity contribution in [1.82, 2.24) is 5.32 Å². The molecule has 3 N–H and O–H groups in total. The highest BCUT2D eigenvalue weighted by Crippen LogP contribution is 2.29. The Morgan fingerprint density at radius 3 is 1.98 bits per heavy atom. The van der Waals surface area contributed by atoms with Crippen LogP contribution in [-0.4, -0.2) is 75.4 Å². The third-order valence-electron chi connectivity index (χ3n) is 7.30. The molecule has 4 aromatic rings. The average molecular weight is 668 g/mol. The lowest BCUT2D eigenvalue weighted by molar-refractivity contribution is -0.150. The number of likely N-dealkylation sites (N-methyl/N-ethyl adjacent to an activating group) is 2. The van der Waals surface area contributed by atoms with Crippen LogP contribution in [0, 0.1) is 0 Å². The molecule has 0 saturated carbocycles. The summed E-state index contributed by atoms with van der Waals surface area (Å²) in [5.41, 5.74) is 2.39. The first-order chi connectivity index (χ1) is 23.7. The zero-order valence-electron chi connectivity index (χ0n) is 27.1. The van der Waals surface area contributed by atoms with Gasteiger partial charge in [0.25, 0.3) is 5.91 Å². The quantitative estimate of drug-likeness (QED) is 0.136. The molecule has 254 valence electrons. The number of rotatable bonds is 14. The third-order valence-corrected chi connectivity index (χ3v) is 7.30. The fourth-order valence-electron chi connectivity index (χ4n) is 4.65. The predicted octanol–water partition coefficient (Wildman–Crippen LogP) is 3.58. The zero-order chi connectivity index (χ0) is 35.2. The maximum absolute atomic E-state index is 13.7. The Labute approximate surface area is 283 Å². The molecule has 0 aromatic heterocycles. The smallest absolute Gasteiger partial charge is 0.319 e. The summed E-state index contributed by atoms with van der Waals surface area (Å²) in [6.07, 6.45) is -0.119. The minimum Gasteiger partial charge on any atom is -0.482 e. The first kappa shape index (κ1) is 35.6. The van der Waals surface area contributed by atoms with Crippen molar-refractivity contribution < 1.29 is 38.6 Å². The minimum absolute atomic E-state index is 0.119. The standard InChI is InChI=1S/C36H37N5O8/c1-39(28-14-5-3-6-15-28)33(44)23-41(30-18-9-10-19-31(30)48-24-34(45)40(2)29-16-7-4-8-17-29)32(43)22-37-36(47)38-27-13-11-12-26(20-27)21-35(46)49-25-42/h3-20,42H,21-25H2,1-2H3,(H2,37,38,47). The number of carbonyl (C=O) groups is 5. The highest BCUT2D eigenvalue weighted by atomic mass is 16.6. The fourth-order valence-corrected chi connectivity index (χ4v) is 4.65. The summed E-state index contributed by atoms with van der Waals surface area (Å²) >= 11 is 0. The molecule has 0 aliphatic heterocycles. The number of carbonyl (C=O) groups excluding carboxylic acids is 5. The number of aliphatic hydroxyl groups is 1. The van der Waals surface area contributed by atoms with Crippen molar-refractivity contribution in [2.75, 3.05) is 60.6 Å². The molecule has 0 spiro atoms. The van der Waals surface area contributed by atoms with Crippen LogP contribution in [0.15, 0.2) is 109 Å². The molecule has 4 rings (SSSR count). The Kier molecular flexibility index (Phi) is 12.8. The van der Waals surface area contributed by atoms with Gasteiger partial charge >= 0.3 is 12.0 Å². The molecule has 0 fully saturated rings. The number of amides is 5. The molecule has 0 bridgehead atoms. The summed E-state index contributed by atoms with van der Waals surface area (Å²) in [5, 5.41) is 13.9. The first-order valence-electron chi connectivity index (χ1n) is 15.2. The van der Waals surface area contributed by atoms with Crippen molar-refractivity contribution in [1.29, 1.82) is 0 Å². The van der Waals surface area contributed by atoms with E-state index in [2.05, 4.69) is 15.4 Å². The Morgan fingerprint density at radius 1 is 0.714 bits per heavy atom. The van der Waals surface area contributed by atoms with E-state index in [0.717, 1.165) is 0 Å². The van der Waals surface area contributed by atoms with E-state index in [4.69, 9.17) is 9.84 Å². The highest BCUT2D eigenvalue weighted by molar-refractivity contribution is 6.06. The van der Waals surface area contributed by atoms with Gasteiger partial charge in [0.15, 0.2) is 13.4 Å². The second-order valence-electron chi connectivity index (χ2n) is 10.6. The number of hydrogen-bond acceptors (Lipinski definition) is 8. The number of esters is 1. The number of nitrogens with one attached hydrogen (secondary N) is 2. The Balaban J connectivity index is 1.49. The zero-order valence-corrected chi connectivity index (χ0v) is 27.1. The van der Waals surface area contributed by atoms with Crippen molar-refractivity contribution in [3.05, 3.63) is 115 Å². The Bertz CT molecular complexity index is 1750. The number of para-hydroxylation sites is 4. The number of ether oxygens (including phenoxy) is 2. The van der Waals surface area contributed by atoms with Crippen LogP contribution in [0.5, 0.6) is 5.75 Å². The van der Waals surface area contributed by atoms with Gasteiger partial charge in [-0.1, -0.05) is 60.7 Å². The Hall–Kier alpha value is -6.21. The van der Waals surface area contributed by atoms with Gasteiger partial charge in [-0.05, 0) is 54.1 Å². The van der Waals surface area contributed by atoms with Crippen molar-refractivity contribution in [3.63, 3.8) is 0 Å². The van der Waals surface area contributed by atoms with Gasteiger partial charge in [0.05, 0.1) is 18.7 Å². The first-order valence-corrected chi connectivity index (χ1v) is 15.2. The predicted molar refractivity (Wildman–Crippen MR) is 184 cm³/mol. The molecule has 0 atom stereocenters. The molecule has 0 saturated heterocycles. The van der Waals surface area contributed by atoms with Crippen LogP contribution in [0.2, 0.25) is 0 Å². The minimum atomic E-state index is -0.737. The molecular weight excluding hydrogens is 630 g/mol. The van der Waals surface area contributed by atoms with Crippen LogP contribution in [-0.2, 0) is 30.3 Å². The van der Waals surface area contributed by atoms with Crippen LogP contribution in [0.4, 0.5) is 27.5 Å². The van der Waals surface area contributed by atoms with Gasteiger partial charge in [-0.25, -0.2) is 4.79 Å². The molecule has 0 aliphatic rings. The molecule has 49 heavy (non-hydrogen) atoms. The number of urea groups is 1. The van der Waals surface area contributed by atoms with E-state index in [0.29, 0.717) is 22.6 Å². The van der Waals surface area contributed by atoms with E-state index < -0.39 is 43.7 Å². The maximum Gasteiger partial charge on any atom is 0.319 e. The SMILES string of the molecule is CN(C(=O)COc1ccccc1N(CC(=O)N(C)c1ccccc1)C(=O)CNC(=O)Nc1cccc(CC(=O)OCO)c1)c1ccccc1. The number of anilines is 4. The van der Waals surface area contributed by atoms with Gasteiger partial charge in [0.2, 0.25) is 11.8 Å². The van der Waals surface area contributed by atoms with Crippen molar-refractivity contribution in [2.24, 2.45) is 0 Å². The molecule has 4 aromatic carbocycles. The van der Waals surface area contributed by atoms with Crippen molar-refractivity contribution in [3.8, 4) is 5.75 Å². The molecular formula is C36H37N5O8. The van der Waals surface area contributed by atoms with Gasteiger partial charge in [-0.2, -0.15) is 0 Å². The highest BCUT2D eigenvalue weighted by Gasteiger charge is 2.25. The van der Waals surface area contributed by atoms with Gasteiger partial charge in [0.1, 0.15) is 12.3 Å². The third kappa shape index (κ3) is 10.4. The summed E-state index contributed by atoms with van der Waals surface area (Å²) in [6.45, 7) is -1.99. The van der Waals surface area contributed by atoms with Crippen LogP contribution in [0.3, 0.4) is 0 Å². The summed E-state index contributed by atoms with van der Waals surface area (Å²) in [5.74, 6) is -1.85. The van der Waals surface area contributed by atoms with E-state index in [9.17, 15) is 24.0 Å². The Morgan fingerprint density at radius 2 is 1.33 bits per heavy atom. The lowest BCUT2D eigenvalue weighted by Gasteiger charge is -2.27. The van der Waals surface area contributed by atoms with Gasteiger partial charge in [-0.3, -0.25) is 24.1 Å². The van der Waals surface area contributed by atoms with Gasteiger partial charge < -0.3 is 35.0 Å². The number of nitrogens with zero attached hydrogens (tertiary/aromatic N) is 3. The summed E-state index contributed by atoms with van der Waals surface area (Å²) in [6, 6.07) is 30.2. The molecule has 0 radical (unpaired) electrons. The topological polar surface area (TPSA) is 158 Å². The van der Waals surface area contributed by atoms with Crippen molar-refractivity contribution >= 4 is 52.5 Å². The second kappa shape index (κ2) is 17.6. The van der Waals surface area contributed by atoms with Crippen LogP contribution < -0.4 is 30.1 Å². The molecule has 0 aliphatic carbocycles. The lowest BCUT2D eigenvalue weighted by atomic mass is 10.1. The van der Waals surface area contributed by atoms with E-state index in [1.165, 1.54) is 14.7 Å². The van der Waals surface area contributed by atoms with Gasteiger partial charge in [-0.15, -0.1) is 0 Å². The molecule has 5 amide bonds. The van der Waals surface area contributed by atoms with E-state index in [1.807, 2.05) is 24.3 Å². The van der Waals surface area contributed by atoms with Crippen LogP contribution in [0.1, 0.15) is 5.56 Å². The van der Waals surface area contributed by atoms with Crippen LogP contribution in [0.25, 0.3) is 0 Å². The molecule has 0 unspecified atom stereocenters. The lowest BCUT2D eigenvalue weighted by Crippen LogP contribution is -2.46. The van der Waals surface area contributed by atoms with Crippen molar-refractivity contribution in [2.45, 2.75) is 6.42 Å². The van der Waals surface area contributed by atoms with E-state index >= 15 is 0 Å². The molecule has 13 heteroatoms. The summed E-state index contributed by atoms with van der Waals surface area (Å²) in [7, 11) is 3.21.